The van der Waals surface area contributed by atoms with Crippen LogP contribution in [0.5, 0.6) is 0 Å². The van der Waals surface area contributed by atoms with Gasteiger partial charge in [0.25, 0.3) is 0 Å². The molecule has 3 aromatic rings. The first kappa shape index (κ1) is 14.4. The second-order valence-corrected chi connectivity index (χ2v) is 8.64. The van der Waals surface area contributed by atoms with E-state index in [-0.39, 0.29) is 6.04 Å². The van der Waals surface area contributed by atoms with Crippen molar-refractivity contribution in [3.05, 3.63) is 96.1 Å². The fourth-order valence-electron chi connectivity index (χ4n) is 3.51. The number of hydrogen-bond acceptors (Lipinski definition) is 1. The second kappa shape index (κ2) is 5.49. The van der Waals surface area contributed by atoms with E-state index in [1.807, 2.05) is 73.8 Å². The maximum absolute atomic E-state index is 14.1. The summed E-state index contributed by atoms with van der Waals surface area (Å²) in [5.41, 5.74) is 2.32. The van der Waals surface area contributed by atoms with Crippen LogP contribution >= 0.6 is 7.29 Å². The molecule has 0 radical (unpaired) electrons. The molecule has 0 saturated heterocycles. The maximum Gasteiger partial charge on any atom is 0.208 e. The number of fused-ring (bicyclic) bond motifs is 1. The fraction of sp³-hybridized carbons (Fsp3) is 0.100. The summed E-state index contributed by atoms with van der Waals surface area (Å²) in [5.74, 6) is 0. The van der Waals surface area contributed by atoms with Gasteiger partial charge in [0.15, 0.2) is 0 Å². The molecule has 1 aliphatic heterocycles. The van der Waals surface area contributed by atoms with Gasteiger partial charge < -0.3 is 0 Å². The van der Waals surface area contributed by atoms with Crippen LogP contribution in [-0.4, -0.2) is 11.7 Å². The molecule has 23 heavy (non-hydrogen) atoms. The van der Waals surface area contributed by atoms with Crippen molar-refractivity contribution < 1.29 is 4.57 Å². The van der Waals surface area contributed by atoms with E-state index in [4.69, 9.17) is 0 Å². The molecule has 3 heteroatoms. The summed E-state index contributed by atoms with van der Waals surface area (Å²) in [5, 5.41) is 1.86. The van der Waals surface area contributed by atoms with Crippen LogP contribution in [0.15, 0.2) is 84.9 Å². The molecule has 2 nitrogen and oxygen atoms in total. The Bertz CT molecular complexity index is 876. The zero-order chi connectivity index (χ0) is 15.9. The van der Waals surface area contributed by atoms with Crippen LogP contribution in [0.25, 0.3) is 0 Å². The van der Waals surface area contributed by atoms with Gasteiger partial charge in [-0.25, -0.2) is 4.67 Å². The van der Waals surface area contributed by atoms with Crippen molar-refractivity contribution in [1.29, 1.82) is 0 Å². The molecule has 0 bridgehead atoms. The minimum atomic E-state index is -2.79. The molecule has 4 rings (SSSR count). The number of benzene rings is 3. The average molecular weight is 319 g/mol. The Balaban J connectivity index is 1.96. The smallest absolute Gasteiger partial charge is 0.208 e. The van der Waals surface area contributed by atoms with Crippen molar-refractivity contribution in [1.82, 2.24) is 4.67 Å². The van der Waals surface area contributed by atoms with E-state index in [9.17, 15) is 4.57 Å². The Morgan fingerprint density at radius 2 is 1.35 bits per heavy atom. The quantitative estimate of drug-likeness (QED) is 0.667. The van der Waals surface area contributed by atoms with Crippen LogP contribution in [0.1, 0.15) is 17.2 Å². The first-order valence-corrected chi connectivity index (χ1v) is 9.42. The van der Waals surface area contributed by atoms with Gasteiger partial charge >= 0.3 is 0 Å². The molecular weight excluding hydrogens is 301 g/mol. The SMILES string of the molecule is CN1[C@H](c2ccccc2)c2ccccc2[P@]1(=O)c1ccccc1. The molecule has 0 unspecified atom stereocenters. The first-order chi connectivity index (χ1) is 11.2. The van der Waals surface area contributed by atoms with Crippen molar-refractivity contribution in [2.45, 2.75) is 6.04 Å². The van der Waals surface area contributed by atoms with E-state index in [0.29, 0.717) is 0 Å². The van der Waals surface area contributed by atoms with E-state index >= 15 is 0 Å². The zero-order valence-corrected chi connectivity index (χ0v) is 13.9. The molecular formula is C20H18NOP. The Labute approximate surface area is 136 Å². The lowest BCUT2D eigenvalue weighted by atomic mass is 9.99. The Morgan fingerprint density at radius 1 is 0.783 bits per heavy atom. The minimum absolute atomic E-state index is 0.0263. The number of hydrogen-bond donors (Lipinski definition) is 0. The molecule has 1 aliphatic rings. The number of nitrogens with zero attached hydrogens (tertiary/aromatic N) is 1. The molecule has 1 heterocycles. The van der Waals surface area contributed by atoms with Gasteiger partial charge in [-0.15, -0.1) is 0 Å². The third-order valence-corrected chi connectivity index (χ3v) is 7.78. The first-order valence-electron chi connectivity index (χ1n) is 7.76. The molecule has 0 spiro atoms. The molecule has 2 atom stereocenters. The summed E-state index contributed by atoms with van der Waals surface area (Å²) in [4.78, 5) is 0. The van der Waals surface area contributed by atoms with Crippen molar-refractivity contribution >= 4 is 17.9 Å². The molecule has 0 aromatic heterocycles. The van der Waals surface area contributed by atoms with E-state index in [1.54, 1.807) is 0 Å². The fourth-order valence-corrected chi connectivity index (χ4v) is 6.49. The Kier molecular flexibility index (Phi) is 3.45. The van der Waals surface area contributed by atoms with Gasteiger partial charge in [0, 0.05) is 10.6 Å². The van der Waals surface area contributed by atoms with Crippen molar-refractivity contribution in [2.24, 2.45) is 0 Å². The Hall–Kier alpha value is -2.15. The van der Waals surface area contributed by atoms with E-state index < -0.39 is 7.29 Å². The van der Waals surface area contributed by atoms with Crippen LogP contribution in [0.4, 0.5) is 0 Å². The summed E-state index contributed by atoms with van der Waals surface area (Å²) in [7, 11) is -0.814. The van der Waals surface area contributed by atoms with Gasteiger partial charge in [0.2, 0.25) is 7.29 Å². The van der Waals surface area contributed by atoms with Crippen LogP contribution in [0, 0.1) is 0 Å². The lowest BCUT2D eigenvalue weighted by Gasteiger charge is -2.27. The highest BCUT2D eigenvalue weighted by molar-refractivity contribution is 7.77. The van der Waals surface area contributed by atoms with E-state index in [2.05, 4.69) is 22.9 Å². The molecule has 0 N–H and O–H groups in total. The molecule has 0 saturated carbocycles. The van der Waals surface area contributed by atoms with Gasteiger partial charge in [0.05, 0.1) is 6.04 Å². The molecule has 0 fully saturated rings. The van der Waals surface area contributed by atoms with E-state index in [0.717, 1.165) is 16.2 Å². The molecule has 114 valence electrons. The van der Waals surface area contributed by atoms with Gasteiger partial charge in [-0.2, -0.15) is 0 Å². The topological polar surface area (TPSA) is 20.3 Å². The lowest BCUT2D eigenvalue weighted by molar-refractivity contribution is 0.444. The van der Waals surface area contributed by atoms with Crippen LogP contribution in [0.3, 0.4) is 0 Å². The summed E-state index contributed by atoms with van der Waals surface area (Å²) < 4.78 is 16.1. The summed E-state index contributed by atoms with van der Waals surface area (Å²) in [6.07, 6.45) is 0. The maximum atomic E-state index is 14.1. The highest BCUT2D eigenvalue weighted by Crippen LogP contribution is 2.58. The van der Waals surface area contributed by atoms with Crippen molar-refractivity contribution in [3.8, 4) is 0 Å². The molecule has 0 amide bonds. The lowest BCUT2D eigenvalue weighted by Crippen LogP contribution is -2.23. The van der Waals surface area contributed by atoms with Gasteiger partial charge in [-0.05, 0) is 36.4 Å². The second-order valence-electron chi connectivity index (χ2n) is 5.86. The largest absolute Gasteiger partial charge is 0.296 e. The Morgan fingerprint density at radius 3 is 2.04 bits per heavy atom. The van der Waals surface area contributed by atoms with Gasteiger partial charge in [0.1, 0.15) is 0 Å². The number of rotatable bonds is 2. The highest BCUT2D eigenvalue weighted by Gasteiger charge is 2.46. The summed E-state index contributed by atoms with van der Waals surface area (Å²) >= 11 is 0. The third kappa shape index (κ3) is 2.10. The summed E-state index contributed by atoms with van der Waals surface area (Å²) in [6, 6.07) is 28.3. The highest BCUT2D eigenvalue weighted by atomic mass is 31.2. The minimum Gasteiger partial charge on any atom is -0.296 e. The monoisotopic (exact) mass is 319 g/mol. The van der Waals surface area contributed by atoms with Crippen LogP contribution in [0.2, 0.25) is 0 Å². The van der Waals surface area contributed by atoms with Crippen LogP contribution in [-0.2, 0) is 4.57 Å². The van der Waals surface area contributed by atoms with Crippen LogP contribution < -0.4 is 10.6 Å². The predicted octanol–water partition coefficient (Wildman–Crippen LogP) is 3.95. The predicted molar refractivity (Wildman–Crippen MR) is 95.8 cm³/mol. The molecule has 3 aromatic carbocycles. The molecule has 0 aliphatic carbocycles. The standard InChI is InChI=1S/C20H18NOP/c1-21-20(16-10-4-2-5-11-16)18-14-8-9-15-19(18)23(21,22)17-12-6-3-7-13-17/h2-15,20H,1H3/t20-,23-/m1/s1. The van der Waals surface area contributed by atoms with E-state index in [1.165, 1.54) is 5.56 Å². The normalized spacial score (nSPS) is 23.6. The van der Waals surface area contributed by atoms with Crippen molar-refractivity contribution in [2.75, 3.05) is 7.05 Å². The average Bonchev–Trinajstić information content (AvgIpc) is 2.86. The summed E-state index contributed by atoms with van der Waals surface area (Å²) in [6.45, 7) is 0. The van der Waals surface area contributed by atoms with Crippen molar-refractivity contribution in [3.63, 3.8) is 0 Å². The third-order valence-electron chi connectivity index (χ3n) is 4.60. The van der Waals surface area contributed by atoms with Gasteiger partial charge in [-0.1, -0.05) is 66.7 Å². The zero-order valence-electron chi connectivity index (χ0n) is 13.0. The van der Waals surface area contributed by atoms with Gasteiger partial charge in [-0.3, -0.25) is 4.57 Å².